The molecule has 0 radical (unpaired) electrons. The van der Waals surface area contributed by atoms with Gasteiger partial charge in [-0.15, -0.1) is 11.8 Å². The first-order valence-corrected chi connectivity index (χ1v) is 6.76. The third kappa shape index (κ3) is 2.09. The van der Waals surface area contributed by atoms with Crippen LogP contribution in [0.1, 0.15) is 35.9 Å². The summed E-state index contributed by atoms with van der Waals surface area (Å²) in [6, 6.07) is 0. The topological polar surface area (TPSA) is 60.2 Å². The first-order chi connectivity index (χ1) is 7.93. The fourth-order valence-electron chi connectivity index (χ4n) is 2.01. The number of rotatable bonds is 2. The van der Waals surface area contributed by atoms with E-state index in [1.807, 2.05) is 11.8 Å². The number of thioether (sulfide) groups is 1. The zero-order valence-corrected chi connectivity index (χ0v) is 9.83. The molecule has 1 aromatic heterocycles. The Hall–Kier alpha value is -0.590. The largest absolute Gasteiger partial charge is 0.367 e. The average Bonchev–Trinajstić information content (AvgIpc) is 3.01. The molecule has 2 aliphatic heterocycles. The Morgan fingerprint density at radius 3 is 3.19 bits per heavy atom. The molecule has 88 valence electrons. The van der Waals surface area contributed by atoms with E-state index < -0.39 is 0 Å². The SMILES string of the molecule is C1CSC(c2nc(C3CNCCO3)no2)C1. The van der Waals surface area contributed by atoms with Gasteiger partial charge < -0.3 is 14.6 Å². The molecular weight excluding hydrogens is 226 g/mol. The van der Waals surface area contributed by atoms with Gasteiger partial charge in [0.2, 0.25) is 11.7 Å². The molecule has 6 heteroatoms. The molecule has 2 aliphatic rings. The van der Waals surface area contributed by atoms with Crippen LogP contribution in [0.2, 0.25) is 0 Å². The zero-order chi connectivity index (χ0) is 10.8. The maximum atomic E-state index is 5.59. The molecule has 2 atom stereocenters. The van der Waals surface area contributed by atoms with Crippen molar-refractivity contribution in [1.29, 1.82) is 0 Å². The number of nitrogens with one attached hydrogen (secondary N) is 1. The Morgan fingerprint density at radius 1 is 1.44 bits per heavy atom. The Balaban J connectivity index is 1.71. The normalized spacial score (nSPS) is 30.8. The lowest BCUT2D eigenvalue weighted by molar-refractivity contribution is 0.0208. The molecule has 0 aliphatic carbocycles. The predicted octanol–water partition coefficient (Wildman–Crippen LogP) is 1.30. The Kier molecular flexibility index (Phi) is 3.12. The molecule has 1 aromatic rings. The summed E-state index contributed by atoms with van der Waals surface area (Å²) in [5.74, 6) is 2.66. The van der Waals surface area contributed by atoms with Crippen molar-refractivity contribution in [3.63, 3.8) is 0 Å². The molecule has 2 unspecified atom stereocenters. The monoisotopic (exact) mass is 241 g/mol. The van der Waals surface area contributed by atoms with E-state index in [0.717, 1.165) is 25.4 Å². The third-order valence-electron chi connectivity index (χ3n) is 2.88. The van der Waals surface area contributed by atoms with E-state index in [-0.39, 0.29) is 6.10 Å². The molecular formula is C10H15N3O2S. The number of morpholine rings is 1. The van der Waals surface area contributed by atoms with Crippen LogP contribution in [0.15, 0.2) is 4.52 Å². The number of hydrogen-bond donors (Lipinski definition) is 1. The zero-order valence-electron chi connectivity index (χ0n) is 9.02. The molecule has 1 N–H and O–H groups in total. The van der Waals surface area contributed by atoms with Crippen LogP contribution in [0.4, 0.5) is 0 Å². The van der Waals surface area contributed by atoms with Crippen LogP contribution in [0.3, 0.4) is 0 Å². The van der Waals surface area contributed by atoms with Gasteiger partial charge >= 0.3 is 0 Å². The summed E-state index contributed by atoms with van der Waals surface area (Å²) < 4.78 is 10.9. The first kappa shape index (κ1) is 10.6. The fraction of sp³-hybridized carbons (Fsp3) is 0.800. The van der Waals surface area contributed by atoms with Gasteiger partial charge in [0.1, 0.15) is 6.10 Å². The van der Waals surface area contributed by atoms with Gasteiger partial charge in [0.15, 0.2) is 0 Å². The molecule has 0 spiro atoms. The first-order valence-electron chi connectivity index (χ1n) is 5.71. The van der Waals surface area contributed by atoms with E-state index in [4.69, 9.17) is 9.26 Å². The molecule has 0 saturated carbocycles. The van der Waals surface area contributed by atoms with Gasteiger partial charge in [-0.25, -0.2) is 0 Å². The van der Waals surface area contributed by atoms with E-state index in [0.29, 0.717) is 17.7 Å². The fourth-order valence-corrected chi connectivity index (χ4v) is 3.20. The van der Waals surface area contributed by atoms with Crippen LogP contribution in [-0.2, 0) is 4.74 Å². The van der Waals surface area contributed by atoms with Gasteiger partial charge in [0.25, 0.3) is 0 Å². The van der Waals surface area contributed by atoms with Crippen LogP contribution < -0.4 is 5.32 Å². The molecule has 0 bridgehead atoms. The lowest BCUT2D eigenvalue weighted by atomic mass is 10.2. The smallest absolute Gasteiger partial charge is 0.239 e. The van der Waals surface area contributed by atoms with Crippen LogP contribution in [0, 0.1) is 0 Å². The van der Waals surface area contributed by atoms with Gasteiger partial charge in [-0.05, 0) is 18.6 Å². The summed E-state index contributed by atoms with van der Waals surface area (Å²) in [5, 5.41) is 7.68. The van der Waals surface area contributed by atoms with Gasteiger partial charge in [0.05, 0.1) is 11.9 Å². The van der Waals surface area contributed by atoms with Crippen LogP contribution in [-0.4, -0.2) is 35.6 Å². The maximum Gasteiger partial charge on any atom is 0.239 e. The van der Waals surface area contributed by atoms with Crippen molar-refractivity contribution in [1.82, 2.24) is 15.5 Å². The molecule has 0 amide bonds. The van der Waals surface area contributed by atoms with E-state index in [2.05, 4.69) is 15.5 Å². The summed E-state index contributed by atoms with van der Waals surface area (Å²) in [6.45, 7) is 2.39. The summed E-state index contributed by atoms with van der Waals surface area (Å²) in [4.78, 5) is 4.45. The van der Waals surface area contributed by atoms with E-state index in [1.54, 1.807) is 0 Å². The van der Waals surface area contributed by atoms with Crippen molar-refractivity contribution in [3.05, 3.63) is 11.7 Å². The quantitative estimate of drug-likeness (QED) is 0.842. The highest BCUT2D eigenvalue weighted by atomic mass is 32.2. The highest BCUT2D eigenvalue weighted by molar-refractivity contribution is 7.99. The van der Waals surface area contributed by atoms with Crippen LogP contribution in [0.5, 0.6) is 0 Å². The van der Waals surface area contributed by atoms with E-state index in [9.17, 15) is 0 Å². The Bertz CT molecular complexity index is 346. The molecule has 3 heterocycles. The number of ether oxygens (including phenoxy) is 1. The maximum absolute atomic E-state index is 5.59. The average molecular weight is 241 g/mol. The molecule has 16 heavy (non-hydrogen) atoms. The van der Waals surface area contributed by atoms with Gasteiger partial charge in [-0.2, -0.15) is 4.98 Å². The van der Waals surface area contributed by atoms with Crippen molar-refractivity contribution in [2.45, 2.75) is 24.2 Å². The Labute approximate surface area is 98.3 Å². The lowest BCUT2D eigenvalue weighted by Gasteiger charge is -2.20. The van der Waals surface area contributed by atoms with Gasteiger partial charge in [0, 0.05) is 13.1 Å². The minimum absolute atomic E-state index is 0.0438. The summed E-state index contributed by atoms with van der Waals surface area (Å²) in [6.07, 6.45) is 2.35. The number of hydrogen-bond acceptors (Lipinski definition) is 6. The van der Waals surface area contributed by atoms with Crippen molar-refractivity contribution in [2.75, 3.05) is 25.4 Å². The van der Waals surface area contributed by atoms with Crippen LogP contribution in [0.25, 0.3) is 0 Å². The molecule has 3 rings (SSSR count). The van der Waals surface area contributed by atoms with Crippen molar-refractivity contribution < 1.29 is 9.26 Å². The van der Waals surface area contributed by atoms with Crippen molar-refractivity contribution in [2.24, 2.45) is 0 Å². The summed E-state index contributed by atoms with van der Waals surface area (Å²) >= 11 is 1.90. The van der Waals surface area contributed by atoms with Gasteiger partial charge in [-0.1, -0.05) is 5.16 Å². The highest BCUT2D eigenvalue weighted by Crippen LogP contribution is 2.39. The standard InChI is InChI=1S/C10H15N3O2S/c1-2-8(16-5-1)10-12-9(13-15-10)7-6-11-3-4-14-7/h7-8,11H,1-6H2. The highest BCUT2D eigenvalue weighted by Gasteiger charge is 2.27. The number of aromatic nitrogens is 2. The molecule has 2 saturated heterocycles. The minimum atomic E-state index is -0.0438. The third-order valence-corrected chi connectivity index (χ3v) is 4.24. The summed E-state index contributed by atoms with van der Waals surface area (Å²) in [7, 11) is 0. The predicted molar refractivity (Wildman–Crippen MR) is 60.3 cm³/mol. The van der Waals surface area contributed by atoms with E-state index >= 15 is 0 Å². The minimum Gasteiger partial charge on any atom is -0.367 e. The van der Waals surface area contributed by atoms with Crippen LogP contribution >= 0.6 is 11.8 Å². The molecule has 0 aromatic carbocycles. The molecule has 5 nitrogen and oxygen atoms in total. The van der Waals surface area contributed by atoms with Gasteiger partial charge in [-0.3, -0.25) is 0 Å². The van der Waals surface area contributed by atoms with Crippen molar-refractivity contribution in [3.8, 4) is 0 Å². The lowest BCUT2D eigenvalue weighted by Crippen LogP contribution is -2.33. The second-order valence-electron chi connectivity index (χ2n) is 4.06. The second kappa shape index (κ2) is 4.73. The second-order valence-corrected chi connectivity index (χ2v) is 5.37. The Morgan fingerprint density at radius 2 is 2.44 bits per heavy atom. The number of nitrogens with zero attached hydrogens (tertiary/aromatic N) is 2. The van der Waals surface area contributed by atoms with Crippen molar-refractivity contribution >= 4 is 11.8 Å². The molecule has 2 fully saturated rings. The van der Waals surface area contributed by atoms with E-state index in [1.165, 1.54) is 12.2 Å². The summed E-state index contributed by atoms with van der Waals surface area (Å²) in [5.41, 5.74) is 0.